The number of ether oxygens (including phenoxy) is 1. The fraction of sp³-hybridized carbons (Fsp3) is 0.478. The Bertz CT molecular complexity index is 924. The summed E-state index contributed by atoms with van der Waals surface area (Å²) in [5.74, 6) is -0.133. The fourth-order valence-electron chi connectivity index (χ4n) is 4.42. The zero-order valence-electron chi connectivity index (χ0n) is 17.6. The van der Waals surface area contributed by atoms with Crippen LogP contribution in [-0.2, 0) is 9.53 Å². The molecule has 30 heavy (non-hydrogen) atoms. The molecule has 6 nitrogen and oxygen atoms in total. The molecule has 1 aromatic heterocycles. The number of carbonyl (C=O) groups is 2. The Hall–Kier alpha value is -2.51. The lowest BCUT2D eigenvalue weighted by atomic mass is 10.1. The molecule has 2 aliphatic heterocycles. The van der Waals surface area contributed by atoms with Crippen molar-refractivity contribution >= 4 is 11.7 Å². The Kier molecular flexibility index (Phi) is 6.01. The number of ketones is 1. The van der Waals surface area contributed by atoms with Crippen molar-refractivity contribution in [3.8, 4) is 5.69 Å². The topological polar surface area (TPSA) is 54.8 Å². The second-order valence-electron chi connectivity index (χ2n) is 8.12. The summed E-state index contributed by atoms with van der Waals surface area (Å²) in [5, 5.41) is 0. The highest BCUT2D eigenvalue weighted by atomic mass is 19.1. The average Bonchev–Trinajstić information content (AvgIpc) is 3.37. The third-order valence-electron chi connectivity index (χ3n) is 6.07. The first-order valence-corrected chi connectivity index (χ1v) is 10.5. The van der Waals surface area contributed by atoms with Crippen LogP contribution < -0.4 is 0 Å². The maximum atomic E-state index is 13.3. The molecule has 160 valence electrons. The van der Waals surface area contributed by atoms with Gasteiger partial charge in [0.05, 0.1) is 6.54 Å². The normalized spacial score (nSPS) is 20.0. The second kappa shape index (κ2) is 8.70. The molecule has 0 aliphatic carbocycles. The number of amides is 1. The maximum Gasteiger partial charge on any atom is 0.251 e. The summed E-state index contributed by atoms with van der Waals surface area (Å²) < 4.78 is 20.7. The third-order valence-corrected chi connectivity index (χ3v) is 6.07. The van der Waals surface area contributed by atoms with Crippen LogP contribution in [0.1, 0.15) is 34.6 Å². The highest BCUT2D eigenvalue weighted by Crippen LogP contribution is 2.22. The van der Waals surface area contributed by atoms with E-state index in [2.05, 4.69) is 4.90 Å². The second-order valence-corrected chi connectivity index (χ2v) is 8.12. The molecule has 1 aromatic carbocycles. The highest BCUT2D eigenvalue weighted by Gasteiger charge is 2.31. The number of benzene rings is 1. The average molecular weight is 413 g/mol. The molecule has 2 saturated heterocycles. The van der Waals surface area contributed by atoms with Crippen molar-refractivity contribution in [2.24, 2.45) is 0 Å². The number of hydrogen-bond acceptors (Lipinski definition) is 4. The number of aromatic nitrogens is 1. The first-order valence-electron chi connectivity index (χ1n) is 10.5. The number of rotatable bonds is 5. The Labute approximate surface area is 176 Å². The van der Waals surface area contributed by atoms with Gasteiger partial charge in [-0.25, -0.2) is 4.39 Å². The lowest BCUT2D eigenvalue weighted by molar-refractivity contribution is -0.142. The molecule has 3 heterocycles. The van der Waals surface area contributed by atoms with Gasteiger partial charge in [0, 0.05) is 55.4 Å². The van der Waals surface area contributed by atoms with Gasteiger partial charge in [0.25, 0.3) is 5.91 Å². The van der Waals surface area contributed by atoms with Crippen LogP contribution in [0.2, 0.25) is 0 Å². The van der Waals surface area contributed by atoms with Crippen molar-refractivity contribution in [1.82, 2.24) is 14.4 Å². The highest BCUT2D eigenvalue weighted by molar-refractivity contribution is 5.99. The van der Waals surface area contributed by atoms with E-state index >= 15 is 0 Å². The van der Waals surface area contributed by atoms with Crippen molar-refractivity contribution in [3.05, 3.63) is 53.1 Å². The van der Waals surface area contributed by atoms with Crippen LogP contribution in [0.4, 0.5) is 4.39 Å². The van der Waals surface area contributed by atoms with Crippen molar-refractivity contribution in [1.29, 1.82) is 0 Å². The predicted molar refractivity (Wildman–Crippen MR) is 112 cm³/mol. The van der Waals surface area contributed by atoms with Gasteiger partial charge in [-0.2, -0.15) is 0 Å². The Balaban J connectivity index is 1.38. The van der Waals surface area contributed by atoms with Crippen LogP contribution in [0.25, 0.3) is 5.69 Å². The van der Waals surface area contributed by atoms with E-state index in [9.17, 15) is 14.0 Å². The lowest BCUT2D eigenvalue weighted by Gasteiger charge is -2.35. The summed E-state index contributed by atoms with van der Waals surface area (Å²) in [6, 6.07) is 8.18. The van der Waals surface area contributed by atoms with Crippen LogP contribution in [0, 0.1) is 19.7 Å². The summed E-state index contributed by atoms with van der Waals surface area (Å²) >= 11 is 0. The number of nitrogens with zero attached hydrogens (tertiary/aromatic N) is 3. The van der Waals surface area contributed by atoms with E-state index in [1.54, 1.807) is 12.1 Å². The van der Waals surface area contributed by atoms with E-state index in [4.69, 9.17) is 4.74 Å². The van der Waals surface area contributed by atoms with Crippen LogP contribution in [-0.4, -0.2) is 71.5 Å². The van der Waals surface area contributed by atoms with E-state index < -0.39 is 0 Å². The molecule has 1 atom stereocenters. The van der Waals surface area contributed by atoms with Crippen molar-refractivity contribution in [2.45, 2.75) is 32.8 Å². The molecular formula is C23H28FN3O3. The van der Waals surface area contributed by atoms with Crippen LogP contribution >= 0.6 is 0 Å². The zero-order chi connectivity index (χ0) is 21.3. The van der Waals surface area contributed by atoms with Crippen LogP contribution in [0.5, 0.6) is 0 Å². The number of hydrogen-bond donors (Lipinski definition) is 0. The van der Waals surface area contributed by atoms with Crippen molar-refractivity contribution in [3.63, 3.8) is 0 Å². The number of halogens is 1. The molecule has 0 saturated carbocycles. The van der Waals surface area contributed by atoms with Crippen molar-refractivity contribution in [2.75, 3.05) is 39.3 Å². The van der Waals surface area contributed by atoms with Gasteiger partial charge in [0.15, 0.2) is 5.78 Å². The number of aryl methyl sites for hydroxylation is 1. The van der Waals surface area contributed by atoms with Crippen molar-refractivity contribution < 1.29 is 18.7 Å². The molecule has 2 fully saturated rings. The summed E-state index contributed by atoms with van der Waals surface area (Å²) in [6.07, 6.45) is 1.47. The van der Waals surface area contributed by atoms with Gasteiger partial charge >= 0.3 is 0 Å². The maximum absolute atomic E-state index is 13.3. The fourth-order valence-corrected chi connectivity index (χ4v) is 4.42. The van der Waals surface area contributed by atoms with Gasteiger partial charge in [0.1, 0.15) is 11.9 Å². The summed E-state index contributed by atoms with van der Waals surface area (Å²) in [4.78, 5) is 29.4. The Morgan fingerprint density at radius 2 is 1.80 bits per heavy atom. The van der Waals surface area contributed by atoms with Gasteiger partial charge in [0.2, 0.25) is 0 Å². The van der Waals surface area contributed by atoms with E-state index in [0.717, 1.165) is 29.9 Å². The monoisotopic (exact) mass is 413 g/mol. The number of carbonyl (C=O) groups excluding carboxylic acids is 2. The Morgan fingerprint density at radius 3 is 2.43 bits per heavy atom. The van der Waals surface area contributed by atoms with Gasteiger partial charge in [-0.1, -0.05) is 0 Å². The van der Waals surface area contributed by atoms with E-state index in [0.29, 0.717) is 44.9 Å². The molecule has 0 N–H and O–H groups in total. The first kappa shape index (κ1) is 20.8. The molecule has 0 radical (unpaired) electrons. The number of Topliss-reactive ketones (excluding diaryl/α,β-unsaturated/α-hetero) is 1. The molecule has 4 rings (SSSR count). The van der Waals surface area contributed by atoms with Gasteiger partial charge in [-0.3, -0.25) is 14.5 Å². The minimum absolute atomic E-state index is 0.0652. The van der Waals surface area contributed by atoms with E-state index in [-0.39, 0.29) is 23.6 Å². The summed E-state index contributed by atoms with van der Waals surface area (Å²) in [5.41, 5.74) is 3.33. The molecule has 0 spiro atoms. The minimum Gasteiger partial charge on any atom is -0.368 e. The molecule has 1 amide bonds. The molecule has 2 aromatic rings. The molecule has 0 bridgehead atoms. The largest absolute Gasteiger partial charge is 0.368 e. The Morgan fingerprint density at radius 1 is 1.10 bits per heavy atom. The van der Waals surface area contributed by atoms with Crippen LogP contribution in [0.3, 0.4) is 0 Å². The quantitative estimate of drug-likeness (QED) is 0.708. The third kappa shape index (κ3) is 4.18. The van der Waals surface area contributed by atoms with Gasteiger partial charge in [-0.05, 0) is 57.0 Å². The van der Waals surface area contributed by atoms with Gasteiger partial charge in [-0.15, -0.1) is 0 Å². The molecule has 1 unspecified atom stereocenters. The lowest BCUT2D eigenvalue weighted by Crippen LogP contribution is -2.52. The smallest absolute Gasteiger partial charge is 0.251 e. The summed E-state index contributed by atoms with van der Waals surface area (Å²) in [6.45, 7) is 7.48. The minimum atomic E-state index is -0.283. The van der Waals surface area contributed by atoms with Crippen LogP contribution in [0.15, 0.2) is 30.3 Å². The van der Waals surface area contributed by atoms with E-state index in [1.807, 2.05) is 29.4 Å². The molecule has 7 heteroatoms. The molecule has 2 aliphatic rings. The molecular weight excluding hydrogens is 385 g/mol. The van der Waals surface area contributed by atoms with Gasteiger partial charge < -0.3 is 14.2 Å². The first-order chi connectivity index (χ1) is 14.4. The van der Waals surface area contributed by atoms with E-state index in [1.165, 1.54) is 12.1 Å². The standard InChI is InChI=1S/C23H28FN3O3/c1-16-14-20(17(2)27(16)19-7-5-18(24)6-8-19)21(28)15-25-9-11-26(12-10-25)23(29)22-4-3-13-30-22/h5-8,14,22H,3-4,9-13,15H2,1-2H3. The number of piperazine rings is 1. The predicted octanol–water partition coefficient (Wildman–Crippen LogP) is 2.74. The zero-order valence-corrected chi connectivity index (χ0v) is 17.6. The SMILES string of the molecule is Cc1cc(C(=O)CN2CCN(C(=O)C3CCCO3)CC2)c(C)n1-c1ccc(F)cc1. The summed E-state index contributed by atoms with van der Waals surface area (Å²) in [7, 11) is 0.